The summed E-state index contributed by atoms with van der Waals surface area (Å²) in [6.07, 6.45) is 1.25. The standard InChI is InChI=1S/C25H35N3O/c1-5-27-16-18-28(19-17-27)23-9-7-6-8-22(23)26-24(29)15-12-20-10-13-21(14-11-20)25(2,3)4/h6-11,13-14H,5,12,15-19H2,1-4H3,(H,26,29). The minimum absolute atomic E-state index is 0.0737. The molecule has 1 heterocycles. The number of benzene rings is 2. The quantitative estimate of drug-likeness (QED) is 0.773. The summed E-state index contributed by atoms with van der Waals surface area (Å²) in [5, 5.41) is 3.14. The van der Waals surface area contributed by atoms with Crippen LogP contribution >= 0.6 is 0 Å². The van der Waals surface area contributed by atoms with E-state index < -0.39 is 0 Å². The fraction of sp³-hybridized carbons (Fsp3) is 0.480. The first-order valence-corrected chi connectivity index (χ1v) is 10.8. The van der Waals surface area contributed by atoms with Gasteiger partial charge in [0.2, 0.25) is 5.91 Å². The van der Waals surface area contributed by atoms with Gasteiger partial charge in [0.25, 0.3) is 0 Å². The van der Waals surface area contributed by atoms with Crippen molar-refractivity contribution < 1.29 is 4.79 Å². The van der Waals surface area contributed by atoms with Gasteiger partial charge in [-0.2, -0.15) is 0 Å². The van der Waals surface area contributed by atoms with Crippen LogP contribution < -0.4 is 10.2 Å². The van der Waals surface area contributed by atoms with Crippen LogP contribution in [0.2, 0.25) is 0 Å². The molecule has 0 saturated carbocycles. The molecule has 1 amide bonds. The molecule has 2 aromatic rings. The number of carbonyl (C=O) groups is 1. The van der Waals surface area contributed by atoms with E-state index in [0.717, 1.165) is 50.5 Å². The number of anilines is 2. The topological polar surface area (TPSA) is 35.6 Å². The van der Waals surface area contributed by atoms with Crippen molar-refractivity contribution in [1.29, 1.82) is 0 Å². The summed E-state index contributed by atoms with van der Waals surface area (Å²) in [7, 11) is 0. The van der Waals surface area contributed by atoms with Crippen LogP contribution in [0.15, 0.2) is 48.5 Å². The van der Waals surface area contributed by atoms with Crippen molar-refractivity contribution in [2.75, 3.05) is 42.9 Å². The van der Waals surface area contributed by atoms with Crippen molar-refractivity contribution >= 4 is 17.3 Å². The van der Waals surface area contributed by atoms with E-state index in [1.54, 1.807) is 0 Å². The summed E-state index contributed by atoms with van der Waals surface area (Å²) in [5.74, 6) is 0.0737. The van der Waals surface area contributed by atoms with E-state index in [4.69, 9.17) is 0 Å². The van der Waals surface area contributed by atoms with Gasteiger partial charge in [0, 0.05) is 32.6 Å². The largest absolute Gasteiger partial charge is 0.367 e. The van der Waals surface area contributed by atoms with Crippen LogP contribution in [0, 0.1) is 0 Å². The van der Waals surface area contributed by atoms with Crippen molar-refractivity contribution in [2.24, 2.45) is 0 Å². The third-order valence-corrected chi connectivity index (χ3v) is 5.80. The maximum absolute atomic E-state index is 12.6. The van der Waals surface area contributed by atoms with Gasteiger partial charge in [-0.05, 0) is 41.6 Å². The van der Waals surface area contributed by atoms with Gasteiger partial charge in [-0.25, -0.2) is 0 Å². The van der Waals surface area contributed by atoms with E-state index in [1.165, 1.54) is 11.1 Å². The molecule has 29 heavy (non-hydrogen) atoms. The van der Waals surface area contributed by atoms with Crippen molar-refractivity contribution in [1.82, 2.24) is 4.90 Å². The Balaban J connectivity index is 1.57. The first kappa shape index (κ1) is 21.4. The van der Waals surface area contributed by atoms with Crippen LogP contribution in [-0.2, 0) is 16.6 Å². The molecular formula is C25H35N3O. The number of piperazine rings is 1. The smallest absolute Gasteiger partial charge is 0.224 e. The Bertz CT molecular complexity index is 800. The highest BCUT2D eigenvalue weighted by atomic mass is 16.1. The van der Waals surface area contributed by atoms with E-state index in [-0.39, 0.29) is 11.3 Å². The Labute approximate surface area is 175 Å². The predicted octanol–water partition coefficient (Wildman–Crippen LogP) is 4.70. The lowest BCUT2D eigenvalue weighted by atomic mass is 9.86. The highest BCUT2D eigenvalue weighted by Gasteiger charge is 2.19. The summed E-state index contributed by atoms with van der Waals surface area (Å²) in [4.78, 5) is 17.5. The van der Waals surface area contributed by atoms with Crippen molar-refractivity contribution in [3.05, 3.63) is 59.7 Å². The number of likely N-dealkylation sites (N-methyl/N-ethyl adjacent to an activating group) is 1. The van der Waals surface area contributed by atoms with Gasteiger partial charge in [-0.15, -0.1) is 0 Å². The number of amides is 1. The molecule has 0 radical (unpaired) electrons. The second kappa shape index (κ2) is 9.45. The zero-order chi connectivity index (χ0) is 20.9. The molecule has 1 fully saturated rings. The average molecular weight is 394 g/mol. The van der Waals surface area contributed by atoms with Gasteiger partial charge in [0.05, 0.1) is 11.4 Å². The minimum atomic E-state index is 0.0737. The average Bonchev–Trinajstić information content (AvgIpc) is 2.72. The first-order valence-electron chi connectivity index (χ1n) is 10.8. The number of hydrogen-bond donors (Lipinski definition) is 1. The van der Waals surface area contributed by atoms with E-state index in [1.807, 2.05) is 18.2 Å². The van der Waals surface area contributed by atoms with E-state index >= 15 is 0 Å². The lowest BCUT2D eigenvalue weighted by Crippen LogP contribution is -2.46. The molecule has 0 bridgehead atoms. The molecule has 1 aliphatic rings. The summed E-state index contributed by atoms with van der Waals surface area (Å²) < 4.78 is 0. The lowest BCUT2D eigenvalue weighted by Gasteiger charge is -2.36. The second-order valence-corrected chi connectivity index (χ2v) is 8.93. The summed E-state index contributed by atoms with van der Waals surface area (Å²) in [5.41, 5.74) is 4.74. The normalized spacial score (nSPS) is 15.4. The molecule has 0 atom stereocenters. The molecule has 0 spiro atoms. The van der Waals surface area contributed by atoms with Gasteiger partial charge >= 0.3 is 0 Å². The highest BCUT2D eigenvalue weighted by molar-refractivity contribution is 5.94. The maximum Gasteiger partial charge on any atom is 0.224 e. The molecule has 0 unspecified atom stereocenters. The van der Waals surface area contributed by atoms with Crippen LogP contribution in [-0.4, -0.2) is 43.5 Å². The predicted molar refractivity (Wildman–Crippen MR) is 123 cm³/mol. The minimum Gasteiger partial charge on any atom is -0.367 e. The SMILES string of the molecule is CCN1CCN(c2ccccc2NC(=O)CCc2ccc(C(C)(C)C)cc2)CC1. The van der Waals surface area contributed by atoms with Crippen LogP contribution in [0.1, 0.15) is 45.2 Å². The summed E-state index contributed by atoms with van der Waals surface area (Å²) in [6, 6.07) is 16.8. The molecule has 3 rings (SSSR count). The van der Waals surface area contributed by atoms with E-state index in [9.17, 15) is 4.79 Å². The van der Waals surface area contributed by atoms with Gasteiger partial charge in [-0.1, -0.05) is 64.1 Å². The van der Waals surface area contributed by atoms with E-state index in [2.05, 4.69) is 73.1 Å². The van der Waals surface area contributed by atoms with Gasteiger partial charge in [0.15, 0.2) is 0 Å². The van der Waals surface area contributed by atoms with Gasteiger partial charge < -0.3 is 15.1 Å². The summed E-state index contributed by atoms with van der Waals surface area (Å²) in [6.45, 7) is 14.1. The van der Waals surface area contributed by atoms with Crippen molar-refractivity contribution in [3.63, 3.8) is 0 Å². The Kier molecular flexibility index (Phi) is 6.96. The van der Waals surface area contributed by atoms with Crippen molar-refractivity contribution in [3.8, 4) is 0 Å². The van der Waals surface area contributed by atoms with E-state index in [0.29, 0.717) is 6.42 Å². The molecule has 4 nitrogen and oxygen atoms in total. The number of hydrogen-bond acceptors (Lipinski definition) is 3. The van der Waals surface area contributed by atoms with Gasteiger partial charge in [0.1, 0.15) is 0 Å². The number of carbonyl (C=O) groups excluding carboxylic acids is 1. The zero-order valence-electron chi connectivity index (χ0n) is 18.4. The van der Waals surface area contributed by atoms with Crippen LogP contribution in [0.25, 0.3) is 0 Å². The molecule has 156 valence electrons. The Morgan fingerprint density at radius 1 is 0.966 bits per heavy atom. The maximum atomic E-state index is 12.6. The molecule has 1 N–H and O–H groups in total. The van der Waals surface area contributed by atoms with Crippen LogP contribution in [0.5, 0.6) is 0 Å². The van der Waals surface area contributed by atoms with Crippen molar-refractivity contribution in [2.45, 2.75) is 46.0 Å². The monoisotopic (exact) mass is 393 g/mol. The van der Waals surface area contributed by atoms with Crippen LogP contribution in [0.4, 0.5) is 11.4 Å². The first-order chi connectivity index (χ1) is 13.9. The fourth-order valence-corrected chi connectivity index (χ4v) is 3.80. The molecule has 0 aromatic heterocycles. The Morgan fingerprint density at radius 3 is 2.24 bits per heavy atom. The number of aryl methyl sites for hydroxylation is 1. The highest BCUT2D eigenvalue weighted by Crippen LogP contribution is 2.27. The molecule has 1 aliphatic heterocycles. The summed E-state index contributed by atoms with van der Waals surface area (Å²) >= 11 is 0. The number of nitrogens with zero attached hydrogens (tertiary/aromatic N) is 2. The number of para-hydroxylation sites is 2. The second-order valence-electron chi connectivity index (χ2n) is 8.93. The number of nitrogens with one attached hydrogen (secondary N) is 1. The molecule has 2 aromatic carbocycles. The number of rotatable bonds is 6. The molecule has 4 heteroatoms. The molecule has 1 saturated heterocycles. The zero-order valence-corrected chi connectivity index (χ0v) is 18.4. The van der Waals surface area contributed by atoms with Gasteiger partial charge in [-0.3, -0.25) is 4.79 Å². The molecular weight excluding hydrogens is 358 g/mol. The third kappa shape index (κ3) is 5.83. The fourth-order valence-electron chi connectivity index (χ4n) is 3.80. The lowest BCUT2D eigenvalue weighted by molar-refractivity contribution is -0.116. The Morgan fingerprint density at radius 2 is 1.62 bits per heavy atom. The third-order valence-electron chi connectivity index (χ3n) is 5.80. The molecule has 0 aliphatic carbocycles. The Hall–Kier alpha value is -2.33. The van der Waals surface area contributed by atoms with Crippen LogP contribution in [0.3, 0.4) is 0 Å².